The van der Waals surface area contributed by atoms with Gasteiger partial charge in [0.1, 0.15) is 11.5 Å². The number of alkyl halides is 1. The van der Waals surface area contributed by atoms with Crippen molar-refractivity contribution in [3.63, 3.8) is 0 Å². The van der Waals surface area contributed by atoms with Crippen molar-refractivity contribution >= 4 is 5.78 Å². The number of nitrogens with zero attached hydrogens (tertiary/aromatic N) is 3. The highest BCUT2D eigenvalue weighted by Gasteiger charge is 2.21. The van der Waals surface area contributed by atoms with Crippen molar-refractivity contribution in [1.82, 2.24) is 14.4 Å². The summed E-state index contributed by atoms with van der Waals surface area (Å²) < 4.78 is 30.2. The van der Waals surface area contributed by atoms with E-state index in [2.05, 4.69) is 9.97 Å². The Labute approximate surface area is 150 Å². The molecule has 0 spiro atoms. The van der Waals surface area contributed by atoms with Crippen molar-refractivity contribution in [2.24, 2.45) is 0 Å². The minimum Gasteiger partial charge on any atom is -0.284 e. The third-order valence-electron chi connectivity index (χ3n) is 4.34. The normalized spacial score (nSPS) is 11.8. The highest BCUT2D eigenvalue weighted by atomic mass is 19.1. The molecule has 4 aromatic rings. The van der Waals surface area contributed by atoms with E-state index in [9.17, 15) is 8.78 Å². The minimum atomic E-state index is -1.54. The van der Waals surface area contributed by atoms with Gasteiger partial charge in [-0.3, -0.25) is 4.40 Å². The lowest BCUT2D eigenvalue weighted by molar-refractivity contribution is 0.214. The quantitative estimate of drug-likeness (QED) is 0.495. The van der Waals surface area contributed by atoms with Gasteiger partial charge < -0.3 is 0 Å². The topological polar surface area (TPSA) is 30.2 Å². The fourth-order valence-electron chi connectivity index (χ4n) is 2.94. The second-order valence-electron chi connectivity index (χ2n) is 6.66. The van der Waals surface area contributed by atoms with Gasteiger partial charge in [-0.05, 0) is 43.7 Å². The van der Waals surface area contributed by atoms with E-state index < -0.39 is 5.67 Å². The Morgan fingerprint density at radius 3 is 2.46 bits per heavy atom. The molecule has 0 bridgehead atoms. The molecule has 0 radical (unpaired) electrons. The molecular formula is C21H17F2N3. The molecule has 0 aliphatic heterocycles. The standard InChI is InChI=1S/C21H17F2N3/c1-21(2,23)19-10-11-26-18(13-24-20(26)25-19)15-8-9-17(22)16(12-15)14-6-4-3-5-7-14/h3-13H,1-2H3. The van der Waals surface area contributed by atoms with Gasteiger partial charge >= 0.3 is 0 Å². The van der Waals surface area contributed by atoms with Gasteiger partial charge in [0.05, 0.1) is 17.6 Å². The molecule has 0 saturated carbocycles. The summed E-state index contributed by atoms with van der Waals surface area (Å²) in [7, 11) is 0. The minimum absolute atomic E-state index is 0.284. The zero-order valence-electron chi connectivity index (χ0n) is 14.4. The fourth-order valence-corrected chi connectivity index (χ4v) is 2.94. The van der Waals surface area contributed by atoms with Crippen LogP contribution in [0, 0.1) is 5.82 Å². The van der Waals surface area contributed by atoms with Gasteiger partial charge in [-0.25, -0.2) is 18.7 Å². The molecule has 0 saturated heterocycles. The number of imidazole rings is 1. The molecule has 0 unspecified atom stereocenters. The average molecular weight is 349 g/mol. The summed E-state index contributed by atoms with van der Waals surface area (Å²) in [5.74, 6) is 0.127. The lowest BCUT2D eigenvalue weighted by Crippen LogP contribution is -2.12. The Balaban J connectivity index is 1.84. The zero-order chi connectivity index (χ0) is 18.3. The molecule has 2 aromatic carbocycles. The lowest BCUT2D eigenvalue weighted by Gasteiger charge is -2.13. The molecular weight excluding hydrogens is 332 g/mol. The van der Waals surface area contributed by atoms with E-state index in [0.29, 0.717) is 17.0 Å². The van der Waals surface area contributed by atoms with Crippen molar-refractivity contribution in [3.8, 4) is 22.4 Å². The van der Waals surface area contributed by atoms with Crippen LogP contribution in [-0.2, 0) is 5.67 Å². The zero-order valence-corrected chi connectivity index (χ0v) is 14.4. The fraction of sp³-hybridized carbons (Fsp3) is 0.143. The average Bonchev–Trinajstić information content (AvgIpc) is 3.05. The molecule has 0 N–H and O–H groups in total. The van der Waals surface area contributed by atoms with Gasteiger partial charge in [-0.15, -0.1) is 0 Å². The number of rotatable bonds is 3. The summed E-state index contributed by atoms with van der Waals surface area (Å²) in [6, 6.07) is 16.0. The van der Waals surface area contributed by atoms with Gasteiger partial charge in [-0.1, -0.05) is 30.3 Å². The van der Waals surface area contributed by atoms with Crippen LogP contribution in [0.5, 0.6) is 0 Å². The van der Waals surface area contributed by atoms with Crippen LogP contribution >= 0.6 is 0 Å². The highest BCUT2D eigenvalue weighted by molar-refractivity contribution is 5.72. The van der Waals surface area contributed by atoms with Crippen LogP contribution < -0.4 is 0 Å². The molecule has 5 heteroatoms. The van der Waals surface area contributed by atoms with Crippen molar-refractivity contribution in [2.45, 2.75) is 19.5 Å². The van der Waals surface area contributed by atoms with E-state index >= 15 is 0 Å². The molecule has 130 valence electrons. The summed E-state index contributed by atoms with van der Waals surface area (Å²) in [6.07, 6.45) is 3.41. The third-order valence-corrected chi connectivity index (χ3v) is 4.34. The second-order valence-corrected chi connectivity index (χ2v) is 6.66. The summed E-state index contributed by atoms with van der Waals surface area (Å²) >= 11 is 0. The maximum atomic E-state index is 14.3. The molecule has 0 atom stereocenters. The Morgan fingerprint density at radius 2 is 1.73 bits per heavy atom. The molecule has 0 aliphatic rings. The molecule has 4 rings (SSSR count). The molecule has 0 amide bonds. The first-order valence-corrected chi connectivity index (χ1v) is 8.32. The number of hydrogen-bond acceptors (Lipinski definition) is 2. The van der Waals surface area contributed by atoms with Crippen LogP contribution in [0.3, 0.4) is 0 Å². The van der Waals surface area contributed by atoms with Gasteiger partial charge in [0.15, 0.2) is 0 Å². The molecule has 26 heavy (non-hydrogen) atoms. The van der Waals surface area contributed by atoms with Crippen molar-refractivity contribution in [3.05, 3.63) is 78.5 Å². The second kappa shape index (κ2) is 6.02. The van der Waals surface area contributed by atoms with Gasteiger partial charge in [0, 0.05) is 17.3 Å². The van der Waals surface area contributed by atoms with E-state index in [1.165, 1.54) is 19.9 Å². The van der Waals surface area contributed by atoms with E-state index in [1.54, 1.807) is 35.0 Å². The van der Waals surface area contributed by atoms with Crippen molar-refractivity contribution < 1.29 is 8.78 Å². The Kier molecular flexibility index (Phi) is 3.80. The third kappa shape index (κ3) is 2.86. The Bertz CT molecular complexity index is 1080. The van der Waals surface area contributed by atoms with Crippen LogP contribution in [0.25, 0.3) is 28.2 Å². The number of fused-ring (bicyclic) bond motifs is 1. The predicted molar refractivity (Wildman–Crippen MR) is 98.0 cm³/mol. The predicted octanol–water partition coefficient (Wildman–Crippen LogP) is 5.41. The van der Waals surface area contributed by atoms with Crippen molar-refractivity contribution in [2.75, 3.05) is 0 Å². The van der Waals surface area contributed by atoms with E-state index in [-0.39, 0.29) is 5.82 Å². The van der Waals surface area contributed by atoms with Crippen LogP contribution in [0.4, 0.5) is 8.78 Å². The summed E-state index contributed by atoms with van der Waals surface area (Å²) in [5.41, 5.74) is 1.70. The summed E-state index contributed by atoms with van der Waals surface area (Å²) in [5, 5.41) is 0. The molecule has 2 heterocycles. The smallest absolute Gasteiger partial charge is 0.234 e. The summed E-state index contributed by atoms with van der Waals surface area (Å²) in [4.78, 5) is 8.58. The first kappa shape index (κ1) is 16.4. The van der Waals surface area contributed by atoms with Crippen molar-refractivity contribution in [1.29, 1.82) is 0 Å². The van der Waals surface area contributed by atoms with E-state index in [4.69, 9.17) is 0 Å². The number of aromatic nitrogens is 3. The first-order chi connectivity index (χ1) is 12.4. The van der Waals surface area contributed by atoms with E-state index in [1.807, 2.05) is 30.3 Å². The number of hydrogen-bond donors (Lipinski definition) is 0. The van der Waals surface area contributed by atoms with E-state index in [0.717, 1.165) is 16.8 Å². The first-order valence-electron chi connectivity index (χ1n) is 8.32. The Morgan fingerprint density at radius 1 is 0.962 bits per heavy atom. The molecule has 2 aromatic heterocycles. The van der Waals surface area contributed by atoms with Gasteiger partial charge in [0.25, 0.3) is 0 Å². The number of benzene rings is 2. The maximum absolute atomic E-state index is 14.3. The molecule has 3 nitrogen and oxygen atoms in total. The summed E-state index contributed by atoms with van der Waals surface area (Å²) in [6.45, 7) is 2.92. The molecule has 0 aliphatic carbocycles. The van der Waals surface area contributed by atoms with Crippen LogP contribution in [0.15, 0.2) is 67.0 Å². The number of halogens is 2. The lowest BCUT2D eigenvalue weighted by atomic mass is 10.0. The maximum Gasteiger partial charge on any atom is 0.234 e. The SMILES string of the molecule is CC(C)(F)c1ccn2c(-c3ccc(F)c(-c4ccccc4)c3)cnc2n1. The van der Waals surface area contributed by atoms with Gasteiger partial charge in [0.2, 0.25) is 5.78 Å². The van der Waals surface area contributed by atoms with Crippen LogP contribution in [-0.4, -0.2) is 14.4 Å². The van der Waals surface area contributed by atoms with Gasteiger partial charge in [-0.2, -0.15) is 0 Å². The largest absolute Gasteiger partial charge is 0.284 e. The van der Waals surface area contributed by atoms with Crippen LogP contribution in [0.1, 0.15) is 19.5 Å². The monoisotopic (exact) mass is 349 g/mol. The van der Waals surface area contributed by atoms with Crippen LogP contribution in [0.2, 0.25) is 0 Å². The highest BCUT2D eigenvalue weighted by Crippen LogP contribution is 2.30. The molecule has 0 fully saturated rings. The Hall–Kier alpha value is -3.08.